The van der Waals surface area contributed by atoms with Crippen molar-refractivity contribution in [3.8, 4) is 0 Å². The monoisotopic (exact) mass is 345 g/mol. The molecule has 2 fully saturated rings. The zero-order valence-corrected chi connectivity index (χ0v) is 14.3. The maximum absolute atomic E-state index is 12.7. The van der Waals surface area contributed by atoms with Gasteiger partial charge in [-0.3, -0.25) is 14.5 Å². The van der Waals surface area contributed by atoms with Crippen LogP contribution < -0.4 is 5.73 Å². The van der Waals surface area contributed by atoms with Crippen LogP contribution in [0.3, 0.4) is 0 Å². The van der Waals surface area contributed by atoms with Gasteiger partial charge in [0.2, 0.25) is 5.91 Å². The summed E-state index contributed by atoms with van der Waals surface area (Å²) >= 11 is 0. The highest BCUT2D eigenvalue weighted by Gasteiger charge is 2.38. The molecule has 3 rings (SSSR count). The van der Waals surface area contributed by atoms with Gasteiger partial charge in [0.25, 0.3) is 5.91 Å². The highest BCUT2D eigenvalue weighted by molar-refractivity contribution is 6.05. The van der Waals surface area contributed by atoms with E-state index < -0.39 is 5.97 Å². The number of esters is 1. The number of rotatable bonds is 4. The summed E-state index contributed by atoms with van der Waals surface area (Å²) in [7, 11) is 1.30. The van der Waals surface area contributed by atoms with E-state index in [0.29, 0.717) is 30.3 Å². The van der Waals surface area contributed by atoms with Gasteiger partial charge < -0.3 is 15.4 Å². The van der Waals surface area contributed by atoms with Gasteiger partial charge in [-0.15, -0.1) is 0 Å². The molecule has 134 valence electrons. The van der Waals surface area contributed by atoms with Gasteiger partial charge in [-0.25, -0.2) is 4.79 Å². The first kappa shape index (κ1) is 17.4. The topological polar surface area (TPSA) is 92.9 Å². The Balaban J connectivity index is 1.58. The number of carbonyl (C=O) groups is 3. The molecule has 1 aromatic rings. The van der Waals surface area contributed by atoms with E-state index in [9.17, 15) is 14.4 Å². The van der Waals surface area contributed by atoms with Gasteiger partial charge in [-0.05, 0) is 38.1 Å². The number of piperidine rings is 1. The molecule has 7 heteroatoms. The number of nitrogens with zero attached hydrogens (tertiary/aromatic N) is 2. The van der Waals surface area contributed by atoms with E-state index in [0.717, 1.165) is 25.9 Å². The highest BCUT2D eigenvalue weighted by Crippen LogP contribution is 2.25. The lowest BCUT2D eigenvalue weighted by Crippen LogP contribution is -2.62. The molecule has 25 heavy (non-hydrogen) atoms. The fraction of sp³-hybridized carbons (Fsp3) is 0.500. The number of amides is 2. The first-order valence-corrected chi connectivity index (χ1v) is 8.51. The number of nitrogens with two attached hydrogens (primary N) is 1. The number of benzene rings is 1. The van der Waals surface area contributed by atoms with Gasteiger partial charge in [-0.1, -0.05) is 12.1 Å². The zero-order chi connectivity index (χ0) is 18.0. The van der Waals surface area contributed by atoms with Gasteiger partial charge in [0.15, 0.2) is 0 Å². The van der Waals surface area contributed by atoms with Crippen LogP contribution in [0.2, 0.25) is 0 Å². The van der Waals surface area contributed by atoms with E-state index in [4.69, 9.17) is 10.5 Å². The van der Waals surface area contributed by atoms with Crippen molar-refractivity contribution in [3.63, 3.8) is 0 Å². The average molecular weight is 345 g/mol. The van der Waals surface area contributed by atoms with Crippen LogP contribution in [0.25, 0.3) is 0 Å². The molecule has 2 N–H and O–H groups in total. The fourth-order valence-corrected chi connectivity index (χ4v) is 3.53. The van der Waals surface area contributed by atoms with E-state index >= 15 is 0 Å². The van der Waals surface area contributed by atoms with Crippen LogP contribution >= 0.6 is 0 Å². The Labute approximate surface area is 146 Å². The summed E-state index contributed by atoms with van der Waals surface area (Å²) in [5.74, 6) is -0.899. The van der Waals surface area contributed by atoms with Gasteiger partial charge >= 0.3 is 5.97 Å². The Morgan fingerprint density at radius 1 is 1.08 bits per heavy atom. The second kappa shape index (κ2) is 7.23. The minimum absolute atomic E-state index is 0.0269. The number of ether oxygens (including phenoxy) is 1. The Bertz CT molecular complexity index is 677. The molecular formula is C18H23N3O4. The third kappa shape index (κ3) is 3.51. The lowest BCUT2D eigenvalue weighted by Gasteiger charge is -2.47. The van der Waals surface area contributed by atoms with Crippen molar-refractivity contribution in [2.75, 3.05) is 33.3 Å². The van der Waals surface area contributed by atoms with E-state index in [1.807, 2.05) is 0 Å². The molecule has 0 aromatic heterocycles. The predicted octanol–water partition coefficient (Wildman–Crippen LogP) is 0.495. The van der Waals surface area contributed by atoms with E-state index in [1.54, 1.807) is 29.2 Å². The molecular weight excluding hydrogens is 322 g/mol. The molecule has 2 amide bonds. The summed E-state index contributed by atoms with van der Waals surface area (Å²) in [6.45, 7) is 2.93. The van der Waals surface area contributed by atoms with E-state index in [1.165, 1.54) is 7.11 Å². The maximum Gasteiger partial charge on any atom is 0.338 e. The minimum atomic E-state index is -0.505. The number of hydrogen-bond donors (Lipinski definition) is 1. The van der Waals surface area contributed by atoms with Crippen molar-refractivity contribution in [2.24, 2.45) is 11.7 Å². The predicted molar refractivity (Wildman–Crippen MR) is 91.0 cm³/mol. The molecule has 1 aromatic carbocycles. The molecule has 0 radical (unpaired) electrons. The molecule has 0 bridgehead atoms. The molecule has 0 unspecified atom stereocenters. The number of likely N-dealkylation sites (tertiary alicyclic amines) is 2. The van der Waals surface area contributed by atoms with Crippen LogP contribution in [0.15, 0.2) is 24.3 Å². The van der Waals surface area contributed by atoms with Gasteiger partial charge in [0.05, 0.1) is 18.2 Å². The average Bonchev–Trinajstić information content (AvgIpc) is 2.60. The third-order valence-corrected chi connectivity index (χ3v) is 5.16. The van der Waals surface area contributed by atoms with Crippen molar-refractivity contribution in [1.82, 2.24) is 9.80 Å². The van der Waals surface area contributed by atoms with Crippen LogP contribution in [0, 0.1) is 5.92 Å². The van der Waals surface area contributed by atoms with E-state index in [-0.39, 0.29) is 17.7 Å². The molecule has 2 aliphatic rings. The van der Waals surface area contributed by atoms with Crippen LogP contribution in [0.1, 0.15) is 33.6 Å². The Morgan fingerprint density at radius 3 is 2.24 bits per heavy atom. The number of carbonyl (C=O) groups excluding carboxylic acids is 3. The highest BCUT2D eigenvalue weighted by atomic mass is 16.5. The molecule has 0 aliphatic carbocycles. The Hall–Kier alpha value is -2.41. The Kier molecular flexibility index (Phi) is 5.03. The van der Waals surface area contributed by atoms with Crippen LogP contribution in [0.5, 0.6) is 0 Å². The summed E-state index contributed by atoms with van der Waals surface area (Å²) in [6, 6.07) is 7.02. The molecule has 0 saturated carbocycles. The molecule has 0 atom stereocenters. The third-order valence-electron chi connectivity index (χ3n) is 5.16. The maximum atomic E-state index is 12.7. The minimum Gasteiger partial charge on any atom is -0.465 e. The van der Waals surface area contributed by atoms with Crippen LogP contribution in [0.4, 0.5) is 0 Å². The second-order valence-electron chi connectivity index (χ2n) is 6.61. The smallest absolute Gasteiger partial charge is 0.338 e. The summed E-state index contributed by atoms with van der Waals surface area (Å²) in [5.41, 5.74) is 6.03. The van der Waals surface area contributed by atoms with Crippen molar-refractivity contribution >= 4 is 17.8 Å². The van der Waals surface area contributed by atoms with E-state index in [2.05, 4.69) is 4.90 Å². The molecule has 2 aliphatic heterocycles. The summed E-state index contributed by atoms with van der Waals surface area (Å²) in [5, 5.41) is 0. The molecule has 2 saturated heterocycles. The summed E-state index contributed by atoms with van der Waals surface area (Å²) in [4.78, 5) is 39.8. The number of methoxy groups -OCH3 is 1. The van der Waals surface area contributed by atoms with Crippen LogP contribution in [-0.4, -0.2) is 66.9 Å². The van der Waals surface area contributed by atoms with Gasteiger partial charge in [-0.2, -0.15) is 0 Å². The SMILES string of the molecule is COC(=O)c1ccccc1C(=O)N1CC(N2CCC(C(N)=O)CC2)C1. The first-order valence-electron chi connectivity index (χ1n) is 8.51. The van der Waals surface area contributed by atoms with Gasteiger partial charge in [0.1, 0.15) is 0 Å². The lowest BCUT2D eigenvalue weighted by atomic mass is 9.93. The van der Waals surface area contributed by atoms with Gasteiger partial charge in [0, 0.05) is 25.0 Å². The first-order chi connectivity index (χ1) is 12.0. The standard InChI is InChI=1S/C18H23N3O4/c1-25-18(24)15-5-3-2-4-14(15)17(23)21-10-13(11-21)20-8-6-12(7-9-20)16(19)22/h2-5,12-13H,6-11H2,1H3,(H2,19,22). The summed E-state index contributed by atoms with van der Waals surface area (Å²) < 4.78 is 4.75. The van der Waals surface area contributed by atoms with Crippen molar-refractivity contribution in [1.29, 1.82) is 0 Å². The fourth-order valence-electron chi connectivity index (χ4n) is 3.53. The second-order valence-corrected chi connectivity index (χ2v) is 6.61. The number of hydrogen-bond acceptors (Lipinski definition) is 5. The largest absolute Gasteiger partial charge is 0.465 e. The molecule has 2 heterocycles. The summed E-state index contributed by atoms with van der Waals surface area (Å²) in [6.07, 6.45) is 1.57. The normalized spacial score (nSPS) is 19.3. The quantitative estimate of drug-likeness (QED) is 0.802. The lowest BCUT2D eigenvalue weighted by molar-refractivity contribution is -0.123. The van der Waals surface area contributed by atoms with Crippen LogP contribution in [-0.2, 0) is 9.53 Å². The van der Waals surface area contributed by atoms with Crippen molar-refractivity contribution in [2.45, 2.75) is 18.9 Å². The number of primary amides is 1. The van der Waals surface area contributed by atoms with Crippen molar-refractivity contribution in [3.05, 3.63) is 35.4 Å². The Morgan fingerprint density at radius 2 is 1.68 bits per heavy atom. The van der Waals surface area contributed by atoms with Crippen molar-refractivity contribution < 1.29 is 19.1 Å². The molecule has 7 nitrogen and oxygen atoms in total. The zero-order valence-electron chi connectivity index (χ0n) is 14.3. The molecule has 0 spiro atoms.